The molecule has 2 fully saturated rings. The number of rotatable bonds is 5. The van der Waals surface area contributed by atoms with Crippen LogP contribution in [0.5, 0.6) is 0 Å². The number of nitrogens with one attached hydrogen (secondary N) is 1. The third-order valence-electron chi connectivity index (χ3n) is 4.41. The van der Waals surface area contributed by atoms with Crippen LogP contribution in [0.3, 0.4) is 0 Å². The van der Waals surface area contributed by atoms with Gasteiger partial charge in [-0.1, -0.05) is 24.3 Å². The van der Waals surface area contributed by atoms with Crippen molar-refractivity contribution < 1.29 is 0 Å². The van der Waals surface area contributed by atoms with Crippen LogP contribution in [-0.4, -0.2) is 31.1 Å². The van der Waals surface area contributed by atoms with Crippen molar-refractivity contribution in [3.05, 3.63) is 35.4 Å². The van der Waals surface area contributed by atoms with E-state index in [9.17, 15) is 0 Å². The minimum Gasteiger partial charge on any atom is -0.311 e. The zero-order valence-corrected chi connectivity index (χ0v) is 11.4. The van der Waals surface area contributed by atoms with Gasteiger partial charge >= 0.3 is 0 Å². The number of likely N-dealkylation sites (N-methyl/N-ethyl adjacent to an activating group) is 1. The maximum atomic E-state index is 3.60. The third kappa shape index (κ3) is 2.93. The summed E-state index contributed by atoms with van der Waals surface area (Å²) in [4.78, 5) is 2.48. The van der Waals surface area contributed by atoms with Gasteiger partial charge in [-0.25, -0.2) is 0 Å². The van der Waals surface area contributed by atoms with Crippen molar-refractivity contribution in [2.75, 3.05) is 20.1 Å². The maximum absolute atomic E-state index is 3.60. The largest absolute Gasteiger partial charge is 0.311 e. The minimum absolute atomic E-state index is 0.746. The Morgan fingerprint density at radius 1 is 1.17 bits per heavy atom. The summed E-state index contributed by atoms with van der Waals surface area (Å²) in [7, 11) is 2.24. The molecular weight excluding hydrogens is 220 g/mol. The summed E-state index contributed by atoms with van der Waals surface area (Å²) in [5.41, 5.74) is 2.95. The van der Waals surface area contributed by atoms with Gasteiger partial charge in [0, 0.05) is 19.1 Å². The SMILES string of the molecule is CN1CCCC1CNCc1ccc(C2CC2)cc1. The summed E-state index contributed by atoms with van der Waals surface area (Å²) < 4.78 is 0. The molecule has 98 valence electrons. The summed E-state index contributed by atoms with van der Waals surface area (Å²) in [6, 6.07) is 9.96. The van der Waals surface area contributed by atoms with E-state index in [1.807, 2.05) is 0 Å². The molecule has 0 bridgehead atoms. The quantitative estimate of drug-likeness (QED) is 0.857. The first-order valence-corrected chi connectivity index (χ1v) is 7.33. The zero-order chi connectivity index (χ0) is 12.4. The molecule has 1 aromatic rings. The fraction of sp³-hybridized carbons (Fsp3) is 0.625. The predicted molar refractivity (Wildman–Crippen MR) is 75.8 cm³/mol. The zero-order valence-electron chi connectivity index (χ0n) is 11.4. The highest BCUT2D eigenvalue weighted by Crippen LogP contribution is 2.39. The highest BCUT2D eigenvalue weighted by molar-refractivity contribution is 5.27. The molecule has 2 heteroatoms. The van der Waals surface area contributed by atoms with Crippen LogP contribution >= 0.6 is 0 Å². The monoisotopic (exact) mass is 244 g/mol. The molecule has 1 aromatic carbocycles. The highest BCUT2D eigenvalue weighted by Gasteiger charge is 2.23. The van der Waals surface area contributed by atoms with Crippen LogP contribution in [0.4, 0.5) is 0 Å². The Kier molecular flexibility index (Phi) is 3.67. The van der Waals surface area contributed by atoms with E-state index in [1.54, 1.807) is 0 Å². The molecule has 3 rings (SSSR count). The fourth-order valence-electron chi connectivity index (χ4n) is 2.94. The molecule has 1 saturated carbocycles. The molecule has 1 saturated heterocycles. The molecule has 2 nitrogen and oxygen atoms in total. The van der Waals surface area contributed by atoms with E-state index in [0.717, 1.165) is 25.0 Å². The third-order valence-corrected chi connectivity index (χ3v) is 4.41. The molecular formula is C16H24N2. The lowest BCUT2D eigenvalue weighted by Gasteiger charge is -2.19. The summed E-state index contributed by atoms with van der Waals surface area (Å²) in [5, 5.41) is 3.60. The molecule has 18 heavy (non-hydrogen) atoms. The molecule has 0 spiro atoms. The van der Waals surface area contributed by atoms with E-state index in [2.05, 4.69) is 41.5 Å². The van der Waals surface area contributed by atoms with Gasteiger partial charge in [-0.2, -0.15) is 0 Å². The number of nitrogens with zero attached hydrogens (tertiary/aromatic N) is 1. The predicted octanol–water partition coefficient (Wildman–Crippen LogP) is 2.75. The highest BCUT2D eigenvalue weighted by atomic mass is 15.2. The van der Waals surface area contributed by atoms with Crippen molar-refractivity contribution in [2.45, 2.75) is 44.2 Å². The van der Waals surface area contributed by atoms with Crippen molar-refractivity contribution in [3.63, 3.8) is 0 Å². The molecule has 2 aliphatic rings. The van der Waals surface area contributed by atoms with Gasteiger partial charge in [-0.3, -0.25) is 0 Å². The van der Waals surface area contributed by atoms with Crippen molar-refractivity contribution in [3.8, 4) is 0 Å². The summed E-state index contributed by atoms with van der Waals surface area (Å²) in [6.45, 7) is 3.40. The number of likely N-dealkylation sites (tertiary alicyclic amines) is 1. The first kappa shape index (κ1) is 12.2. The minimum atomic E-state index is 0.746. The van der Waals surface area contributed by atoms with E-state index in [-0.39, 0.29) is 0 Å². The average molecular weight is 244 g/mol. The Labute approximate surface area is 110 Å². The molecule has 0 amide bonds. The second-order valence-corrected chi connectivity index (χ2v) is 5.92. The molecule has 1 heterocycles. The van der Waals surface area contributed by atoms with Crippen LogP contribution in [-0.2, 0) is 6.54 Å². The lowest BCUT2D eigenvalue weighted by Crippen LogP contribution is -2.35. The van der Waals surface area contributed by atoms with Gasteiger partial charge in [0.1, 0.15) is 0 Å². The van der Waals surface area contributed by atoms with Crippen molar-refractivity contribution >= 4 is 0 Å². The maximum Gasteiger partial charge on any atom is 0.0218 e. The van der Waals surface area contributed by atoms with E-state index < -0.39 is 0 Å². The van der Waals surface area contributed by atoms with Crippen molar-refractivity contribution in [1.29, 1.82) is 0 Å². The topological polar surface area (TPSA) is 15.3 Å². The van der Waals surface area contributed by atoms with Gasteiger partial charge in [-0.15, -0.1) is 0 Å². The normalized spacial score (nSPS) is 24.6. The molecule has 1 atom stereocenters. The van der Waals surface area contributed by atoms with E-state index in [1.165, 1.54) is 43.4 Å². The van der Waals surface area contributed by atoms with Gasteiger partial charge in [0.15, 0.2) is 0 Å². The standard InChI is InChI=1S/C16H24N2/c1-18-10-2-3-16(18)12-17-11-13-4-6-14(7-5-13)15-8-9-15/h4-7,15-17H,2-3,8-12H2,1H3. The van der Waals surface area contributed by atoms with Gasteiger partial charge in [0.25, 0.3) is 0 Å². The van der Waals surface area contributed by atoms with Gasteiger partial charge in [-0.05, 0) is 56.3 Å². The van der Waals surface area contributed by atoms with Crippen LogP contribution in [0, 0.1) is 0 Å². The number of hydrogen-bond donors (Lipinski definition) is 1. The molecule has 1 unspecified atom stereocenters. The lowest BCUT2D eigenvalue weighted by molar-refractivity contribution is 0.300. The van der Waals surface area contributed by atoms with Crippen LogP contribution in [0.15, 0.2) is 24.3 Å². The lowest BCUT2D eigenvalue weighted by atomic mass is 10.1. The Bertz CT molecular complexity index is 381. The van der Waals surface area contributed by atoms with Crippen LogP contribution in [0.2, 0.25) is 0 Å². The smallest absolute Gasteiger partial charge is 0.0218 e. The van der Waals surface area contributed by atoms with E-state index >= 15 is 0 Å². The summed E-state index contributed by atoms with van der Waals surface area (Å²) in [5.74, 6) is 0.874. The van der Waals surface area contributed by atoms with E-state index in [4.69, 9.17) is 0 Å². The summed E-state index contributed by atoms with van der Waals surface area (Å²) >= 11 is 0. The van der Waals surface area contributed by atoms with E-state index in [0.29, 0.717) is 0 Å². The second-order valence-electron chi connectivity index (χ2n) is 5.92. The Morgan fingerprint density at radius 3 is 2.56 bits per heavy atom. The fourth-order valence-corrected chi connectivity index (χ4v) is 2.94. The van der Waals surface area contributed by atoms with Gasteiger partial charge in [0.2, 0.25) is 0 Å². The summed E-state index contributed by atoms with van der Waals surface area (Å²) in [6.07, 6.45) is 5.50. The number of benzene rings is 1. The Hall–Kier alpha value is -0.860. The first-order chi connectivity index (χ1) is 8.83. The van der Waals surface area contributed by atoms with Crippen LogP contribution in [0.1, 0.15) is 42.7 Å². The van der Waals surface area contributed by atoms with Gasteiger partial charge < -0.3 is 10.2 Å². The molecule has 0 aromatic heterocycles. The van der Waals surface area contributed by atoms with Crippen LogP contribution < -0.4 is 5.32 Å². The molecule has 1 aliphatic heterocycles. The van der Waals surface area contributed by atoms with Crippen LogP contribution in [0.25, 0.3) is 0 Å². The molecule has 1 N–H and O–H groups in total. The van der Waals surface area contributed by atoms with Crippen molar-refractivity contribution in [2.24, 2.45) is 0 Å². The molecule has 0 radical (unpaired) electrons. The Morgan fingerprint density at radius 2 is 1.94 bits per heavy atom. The number of hydrogen-bond acceptors (Lipinski definition) is 2. The van der Waals surface area contributed by atoms with Gasteiger partial charge in [0.05, 0.1) is 0 Å². The Balaban J connectivity index is 1.44. The average Bonchev–Trinajstić information content (AvgIpc) is 3.16. The van der Waals surface area contributed by atoms with Crippen molar-refractivity contribution in [1.82, 2.24) is 10.2 Å². The second kappa shape index (κ2) is 5.41. The molecule has 1 aliphatic carbocycles. The first-order valence-electron chi connectivity index (χ1n) is 7.33.